The number of nitro benzene ring substituents is 1. The molecular weight excluding hydrogens is 267 g/mol. The summed E-state index contributed by atoms with van der Waals surface area (Å²) in [6.45, 7) is 0.238. The highest BCUT2D eigenvalue weighted by Gasteiger charge is 2.23. The van der Waals surface area contributed by atoms with Gasteiger partial charge in [0, 0.05) is 12.5 Å². The summed E-state index contributed by atoms with van der Waals surface area (Å²) in [5.74, 6) is -0.892. The second-order valence-electron chi connectivity index (χ2n) is 3.59. The van der Waals surface area contributed by atoms with E-state index in [0.717, 1.165) is 12.1 Å². The molecule has 2 rings (SSSR count). The molecule has 18 heavy (non-hydrogen) atoms. The van der Waals surface area contributed by atoms with Crippen LogP contribution in [0.3, 0.4) is 0 Å². The van der Waals surface area contributed by atoms with E-state index in [1.807, 2.05) is 0 Å². The maximum atomic E-state index is 13.1. The first-order valence-electron chi connectivity index (χ1n) is 4.95. The van der Waals surface area contributed by atoms with Gasteiger partial charge in [-0.05, 0) is 11.6 Å². The lowest BCUT2D eigenvalue weighted by atomic mass is 10.0. The number of rotatable bonds is 2. The molecule has 1 aliphatic heterocycles. The molecule has 1 aromatic rings. The molecule has 0 spiro atoms. The van der Waals surface area contributed by atoms with Gasteiger partial charge in [-0.15, -0.1) is 12.4 Å². The van der Waals surface area contributed by atoms with Crippen LogP contribution in [-0.4, -0.2) is 17.6 Å². The molecule has 1 saturated heterocycles. The fourth-order valence-corrected chi connectivity index (χ4v) is 1.66. The molecule has 0 aliphatic carbocycles. The maximum absolute atomic E-state index is 13.1. The molecule has 1 fully saturated rings. The summed E-state index contributed by atoms with van der Waals surface area (Å²) >= 11 is 0. The average Bonchev–Trinajstić information content (AvgIpc) is 2.29. The highest BCUT2D eigenvalue weighted by molar-refractivity contribution is 5.85. The van der Waals surface area contributed by atoms with Gasteiger partial charge in [0.25, 0.3) is 0 Å². The molecule has 1 amide bonds. The zero-order valence-corrected chi connectivity index (χ0v) is 9.91. The second kappa shape index (κ2) is 5.63. The van der Waals surface area contributed by atoms with Crippen LogP contribution in [0.2, 0.25) is 0 Å². The van der Waals surface area contributed by atoms with E-state index in [0.29, 0.717) is 12.0 Å². The van der Waals surface area contributed by atoms with Crippen LogP contribution in [0.25, 0.3) is 0 Å². The van der Waals surface area contributed by atoms with Crippen LogP contribution in [0.1, 0.15) is 18.0 Å². The van der Waals surface area contributed by atoms with E-state index in [9.17, 15) is 19.3 Å². The van der Waals surface area contributed by atoms with Crippen molar-refractivity contribution in [2.75, 3.05) is 6.61 Å². The van der Waals surface area contributed by atoms with Gasteiger partial charge in [-0.25, -0.2) is 4.79 Å². The number of benzene rings is 1. The molecular formula is C10H10ClFN2O4. The monoisotopic (exact) mass is 276 g/mol. The summed E-state index contributed by atoms with van der Waals surface area (Å²) in [5, 5.41) is 13.1. The van der Waals surface area contributed by atoms with E-state index in [-0.39, 0.29) is 25.1 Å². The second-order valence-corrected chi connectivity index (χ2v) is 3.59. The average molecular weight is 277 g/mol. The molecule has 0 unspecified atom stereocenters. The minimum Gasteiger partial charge on any atom is -0.449 e. The molecule has 6 nitrogen and oxygen atoms in total. The predicted molar refractivity (Wildman–Crippen MR) is 62.1 cm³/mol. The Morgan fingerprint density at radius 1 is 1.50 bits per heavy atom. The molecule has 0 radical (unpaired) electrons. The third kappa shape index (κ3) is 2.86. The maximum Gasteiger partial charge on any atom is 0.407 e. The van der Waals surface area contributed by atoms with Crippen molar-refractivity contribution in [3.8, 4) is 0 Å². The van der Waals surface area contributed by atoms with Gasteiger partial charge in [0.1, 0.15) is 0 Å². The summed E-state index contributed by atoms with van der Waals surface area (Å²) < 4.78 is 17.8. The number of carbonyl (C=O) groups is 1. The summed E-state index contributed by atoms with van der Waals surface area (Å²) in [4.78, 5) is 20.8. The Hall–Kier alpha value is -1.89. The Balaban J connectivity index is 0.00000162. The SMILES string of the molecule is Cl.O=C1N[C@@H](c2ccc(F)c([N+](=O)[O-])c2)CCO1. The Morgan fingerprint density at radius 2 is 2.22 bits per heavy atom. The first kappa shape index (κ1) is 14.2. The molecule has 1 aliphatic rings. The molecule has 1 atom stereocenters. The number of hydrogen-bond acceptors (Lipinski definition) is 4. The molecule has 0 saturated carbocycles. The normalized spacial score (nSPS) is 18.3. The van der Waals surface area contributed by atoms with Crippen molar-refractivity contribution in [1.29, 1.82) is 0 Å². The third-order valence-electron chi connectivity index (χ3n) is 2.50. The van der Waals surface area contributed by atoms with Crippen molar-refractivity contribution >= 4 is 24.2 Å². The van der Waals surface area contributed by atoms with E-state index in [1.54, 1.807) is 0 Å². The smallest absolute Gasteiger partial charge is 0.407 e. The quantitative estimate of drug-likeness (QED) is 0.664. The standard InChI is InChI=1S/C10H9FN2O4.ClH/c11-7-2-1-6(5-9(7)13(15)16)8-3-4-17-10(14)12-8;/h1-2,5,8H,3-4H2,(H,12,14);1H/t8-;/m1./s1. The number of nitrogens with one attached hydrogen (secondary N) is 1. The zero-order chi connectivity index (χ0) is 12.4. The highest BCUT2D eigenvalue weighted by Crippen LogP contribution is 2.25. The largest absolute Gasteiger partial charge is 0.449 e. The lowest BCUT2D eigenvalue weighted by Gasteiger charge is -2.23. The van der Waals surface area contributed by atoms with E-state index in [4.69, 9.17) is 0 Å². The Morgan fingerprint density at radius 3 is 2.83 bits per heavy atom. The number of nitro groups is 1. The van der Waals surface area contributed by atoms with Gasteiger partial charge in [0.15, 0.2) is 0 Å². The fourth-order valence-electron chi connectivity index (χ4n) is 1.66. The highest BCUT2D eigenvalue weighted by atomic mass is 35.5. The molecule has 1 heterocycles. The van der Waals surface area contributed by atoms with Crippen LogP contribution in [0.4, 0.5) is 14.9 Å². The van der Waals surface area contributed by atoms with E-state index < -0.39 is 22.5 Å². The summed E-state index contributed by atoms with van der Waals surface area (Å²) in [5.41, 5.74) is -0.0991. The van der Waals surface area contributed by atoms with Gasteiger partial charge in [-0.3, -0.25) is 10.1 Å². The molecule has 8 heteroatoms. The Bertz CT molecular complexity index is 483. The first-order valence-corrected chi connectivity index (χ1v) is 4.95. The van der Waals surface area contributed by atoms with Crippen LogP contribution in [0.5, 0.6) is 0 Å². The molecule has 0 bridgehead atoms. The molecule has 0 aromatic heterocycles. The lowest BCUT2D eigenvalue weighted by molar-refractivity contribution is -0.387. The third-order valence-corrected chi connectivity index (χ3v) is 2.50. The Kier molecular flexibility index (Phi) is 4.43. The number of halogens is 2. The summed E-state index contributed by atoms with van der Waals surface area (Å²) in [6.07, 6.45) is -0.0811. The van der Waals surface area contributed by atoms with E-state index in [2.05, 4.69) is 10.1 Å². The van der Waals surface area contributed by atoms with Crippen LogP contribution in [0, 0.1) is 15.9 Å². The van der Waals surface area contributed by atoms with E-state index >= 15 is 0 Å². The number of nitrogens with zero attached hydrogens (tertiary/aromatic N) is 1. The van der Waals surface area contributed by atoms with Crippen molar-refractivity contribution in [1.82, 2.24) is 5.32 Å². The van der Waals surface area contributed by atoms with Crippen LogP contribution in [0.15, 0.2) is 18.2 Å². The summed E-state index contributed by atoms with van der Waals surface area (Å²) in [6, 6.07) is 3.19. The van der Waals surface area contributed by atoms with Crippen LogP contribution >= 0.6 is 12.4 Å². The molecule has 1 N–H and O–H groups in total. The van der Waals surface area contributed by atoms with Crippen LogP contribution in [-0.2, 0) is 4.74 Å². The molecule has 1 aromatic carbocycles. The van der Waals surface area contributed by atoms with Crippen molar-refractivity contribution in [2.45, 2.75) is 12.5 Å². The fraction of sp³-hybridized carbons (Fsp3) is 0.300. The number of amides is 1. The predicted octanol–water partition coefficient (Wildman–Crippen LogP) is 2.33. The first-order chi connectivity index (χ1) is 8.08. The van der Waals surface area contributed by atoms with E-state index in [1.165, 1.54) is 6.07 Å². The lowest BCUT2D eigenvalue weighted by Crippen LogP contribution is -2.35. The topological polar surface area (TPSA) is 81.5 Å². The van der Waals surface area contributed by atoms with Crippen molar-refractivity contribution in [3.05, 3.63) is 39.7 Å². The molecule has 98 valence electrons. The van der Waals surface area contributed by atoms with Crippen molar-refractivity contribution in [3.63, 3.8) is 0 Å². The number of alkyl carbamates (subject to hydrolysis) is 1. The van der Waals surface area contributed by atoms with Gasteiger partial charge in [0.2, 0.25) is 5.82 Å². The number of carbonyl (C=O) groups excluding carboxylic acids is 1. The Labute approximate surface area is 108 Å². The number of cyclic esters (lactones) is 1. The summed E-state index contributed by atoms with van der Waals surface area (Å²) in [7, 11) is 0. The van der Waals surface area contributed by atoms with Gasteiger partial charge >= 0.3 is 11.8 Å². The van der Waals surface area contributed by atoms with Crippen molar-refractivity contribution in [2.24, 2.45) is 0 Å². The van der Waals surface area contributed by atoms with Gasteiger partial charge < -0.3 is 10.1 Å². The number of hydrogen-bond donors (Lipinski definition) is 1. The van der Waals surface area contributed by atoms with Gasteiger partial charge in [-0.2, -0.15) is 4.39 Å². The van der Waals surface area contributed by atoms with Gasteiger partial charge in [0.05, 0.1) is 17.6 Å². The van der Waals surface area contributed by atoms with Crippen molar-refractivity contribution < 1.29 is 18.8 Å². The minimum absolute atomic E-state index is 0. The minimum atomic E-state index is -0.892. The van der Waals surface area contributed by atoms with Gasteiger partial charge in [-0.1, -0.05) is 6.07 Å². The number of ether oxygens (including phenoxy) is 1. The zero-order valence-electron chi connectivity index (χ0n) is 9.09. The van der Waals surface area contributed by atoms with Crippen LogP contribution < -0.4 is 5.32 Å².